The Morgan fingerprint density at radius 2 is 2.00 bits per heavy atom. The van der Waals surface area contributed by atoms with E-state index < -0.39 is 6.10 Å². The van der Waals surface area contributed by atoms with Crippen molar-refractivity contribution < 1.29 is 14.6 Å². The van der Waals surface area contributed by atoms with Gasteiger partial charge >= 0.3 is 0 Å². The molecule has 6 heteroatoms. The van der Waals surface area contributed by atoms with Crippen molar-refractivity contribution in [2.24, 2.45) is 0 Å². The zero-order valence-electron chi connectivity index (χ0n) is 12.3. The number of aliphatic hydroxyl groups is 1. The van der Waals surface area contributed by atoms with E-state index >= 15 is 0 Å². The Bertz CT molecular complexity index is 613. The summed E-state index contributed by atoms with van der Waals surface area (Å²) in [7, 11) is 3.11. The van der Waals surface area contributed by atoms with Crippen LogP contribution in [0.2, 0.25) is 5.02 Å². The van der Waals surface area contributed by atoms with Gasteiger partial charge in [-0.1, -0.05) is 18.5 Å². The average Bonchev–Trinajstić information content (AvgIpc) is 2.89. The maximum Gasteiger partial charge on any atom is 0.163 e. The van der Waals surface area contributed by atoms with Crippen LogP contribution in [-0.4, -0.2) is 29.1 Å². The van der Waals surface area contributed by atoms with Crippen molar-refractivity contribution in [1.82, 2.24) is 9.78 Å². The summed E-state index contributed by atoms with van der Waals surface area (Å²) in [5.74, 6) is 1.11. The number of ether oxygens (including phenoxy) is 2. The molecule has 114 valence electrons. The molecule has 1 unspecified atom stereocenters. The number of aromatic nitrogens is 2. The maximum atomic E-state index is 10.8. The molecule has 1 aromatic carbocycles. The third-order valence-electron chi connectivity index (χ3n) is 3.25. The number of hydrogen-bond acceptors (Lipinski definition) is 4. The minimum Gasteiger partial charge on any atom is -0.496 e. The highest BCUT2D eigenvalue weighted by molar-refractivity contribution is 6.30. The molecular weight excluding hydrogens is 292 g/mol. The van der Waals surface area contributed by atoms with Crippen LogP contribution in [-0.2, 0) is 6.54 Å². The van der Waals surface area contributed by atoms with Crippen LogP contribution in [0.3, 0.4) is 0 Å². The van der Waals surface area contributed by atoms with Gasteiger partial charge in [-0.05, 0) is 24.6 Å². The van der Waals surface area contributed by atoms with Crippen LogP contribution in [0.1, 0.15) is 30.7 Å². The molecule has 1 heterocycles. The van der Waals surface area contributed by atoms with Gasteiger partial charge in [-0.3, -0.25) is 4.68 Å². The third kappa shape index (κ3) is 3.14. The molecule has 0 fully saturated rings. The summed E-state index contributed by atoms with van der Waals surface area (Å²) < 4.78 is 12.3. The van der Waals surface area contributed by atoms with Gasteiger partial charge in [0, 0.05) is 17.1 Å². The topological polar surface area (TPSA) is 56.5 Å². The van der Waals surface area contributed by atoms with Gasteiger partial charge in [0.2, 0.25) is 0 Å². The molecule has 0 aliphatic rings. The molecule has 0 radical (unpaired) electrons. The summed E-state index contributed by atoms with van der Waals surface area (Å²) in [5, 5.41) is 15.5. The fourth-order valence-corrected chi connectivity index (χ4v) is 2.45. The molecule has 0 aliphatic carbocycles. The van der Waals surface area contributed by atoms with Gasteiger partial charge in [-0.25, -0.2) is 0 Å². The molecule has 0 spiro atoms. The number of methoxy groups -OCH3 is 2. The summed E-state index contributed by atoms with van der Waals surface area (Å²) in [4.78, 5) is 0. The number of benzene rings is 1. The predicted octanol–water partition coefficient (Wildman–Crippen LogP) is 3.05. The number of aliphatic hydroxyl groups excluding tert-OH is 1. The predicted molar refractivity (Wildman–Crippen MR) is 81.1 cm³/mol. The van der Waals surface area contributed by atoms with Crippen molar-refractivity contribution in [2.75, 3.05) is 14.2 Å². The van der Waals surface area contributed by atoms with Gasteiger partial charge in [0.05, 0.1) is 20.4 Å². The Kier molecular flexibility index (Phi) is 5.09. The van der Waals surface area contributed by atoms with Crippen molar-refractivity contribution in [2.45, 2.75) is 26.0 Å². The van der Waals surface area contributed by atoms with E-state index in [9.17, 15) is 5.11 Å². The standard InChI is InChI=1S/C15H19ClN2O3/c1-4-7-18-14(13(21-3)9-17-18)15(19)11-8-10(16)5-6-12(11)20-2/h5-6,8-9,15,19H,4,7H2,1-3H3. The van der Waals surface area contributed by atoms with Gasteiger partial charge in [0.15, 0.2) is 5.75 Å². The van der Waals surface area contributed by atoms with Crippen LogP contribution in [0.25, 0.3) is 0 Å². The Labute approximate surface area is 129 Å². The van der Waals surface area contributed by atoms with Gasteiger partial charge in [0.25, 0.3) is 0 Å². The summed E-state index contributed by atoms with van der Waals surface area (Å²) in [5.41, 5.74) is 1.18. The quantitative estimate of drug-likeness (QED) is 0.891. The maximum absolute atomic E-state index is 10.8. The van der Waals surface area contributed by atoms with E-state index in [1.54, 1.807) is 43.3 Å². The van der Waals surface area contributed by atoms with Crippen molar-refractivity contribution in [3.8, 4) is 11.5 Å². The SMILES string of the molecule is CCCn1ncc(OC)c1C(O)c1cc(Cl)ccc1OC. The van der Waals surface area contributed by atoms with E-state index in [1.807, 2.05) is 6.92 Å². The van der Waals surface area contributed by atoms with Gasteiger partial charge in [-0.2, -0.15) is 5.10 Å². The van der Waals surface area contributed by atoms with Crippen LogP contribution < -0.4 is 9.47 Å². The number of halogens is 1. The summed E-state index contributed by atoms with van der Waals surface area (Å²) >= 11 is 6.03. The summed E-state index contributed by atoms with van der Waals surface area (Å²) in [6, 6.07) is 5.14. The number of hydrogen-bond donors (Lipinski definition) is 1. The second-order valence-corrected chi connectivity index (χ2v) is 5.05. The van der Waals surface area contributed by atoms with Crippen molar-refractivity contribution in [1.29, 1.82) is 0 Å². The highest BCUT2D eigenvalue weighted by atomic mass is 35.5. The average molecular weight is 311 g/mol. The van der Waals surface area contributed by atoms with Crippen molar-refractivity contribution in [3.63, 3.8) is 0 Å². The number of nitrogens with zero attached hydrogens (tertiary/aromatic N) is 2. The van der Waals surface area contributed by atoms with E-state index in [0.29, 0.717) is 34.3 Å². The first-order valence-corrected chi connectivity index (χ1v) is 7.11. The van der Waals surface area contributed by atoms with Crippen LogP contribution >= 0.6 is 11.6 Å². The third-order valence-corrected chi connectivity index (χ3v) is 3.48. The van der Waals surface area contributed by atoms with E-state index in [4.69, 9.17) is 21.1 Å². The first-order chi connectivity index (χ1) is 10.1. The van der Waals surface area contributed by atoms with Gasteiger partial charge in [-0.15, -0.1) is 0 Å². The zero-order chi connectivity index (χ0) is 15.4. The van der Waals surface area contributed by atoms with Gasteiger partial charge < -0.3 is 14.6 Å². The lowest BCUT2D eigenvalue weighted by Crippen LogP contribution is -2.12. The smallest absolute Gasteiger partial charge is 0.163 e. The zero-order valence-corrected chi connectivity index (χ0v) is 13.1. The number of aryl methyl sites for hydroxylation is 1. The first kappa shape index (κ1) is 15.7. The van der Waals surface area contributed by atoms with Crippen LogP contribution in [0.4, 0.5) is 0 Å². The minimum atomic E-state index is -0.928. The fourth-order valence-electron chi connectivity index (χ4n) is 2.27. The van der Waals surface area contributed by atoms with Crippen LogP contribution in [0.15, 0.2) is 24.4 Å². The molecule has 0 amide bonds. The molecule has 0 bridgehead atoms. The molecule has 0 saturated heterocycles. The second-order valence-electron chi connectivity index (χ2n) is 4.61. The molecule has 2 aromatic rings. The monoisotopic (exact) mass is 310 g/mol. The van der Waals surface area contributed by atoms with Crippen molar-refractivity contribution in [3.05, 3.63) is 40.7 Å². The van der Waals surface area contributed by atoms with Crippen LogP contribution in [0.5, 0.6) is 11.5 Å². The molecule has 1 aromatic heterocycles. The molecule has 1 N–H and O–H groups in total. The van der Waals surface area contributed by atoms with E-state index in [-0.39, 0.29) is 0 Å². The minimum absolute atomic E-state index is 0.533. The highest BCUT2D eigenvalue weighted by Crippen LogP contribution is 2.36. The molecule has 1 atom stereocenters. The normalized spacial score (nSPS) is 12.2. The van der Waals surface area contributed by atoms with E-state index in [2.05, 4.69) is 5.10 Å². The molecular formula is C15H19ClN2O3. The largest absolute Gasteiger partial charge is 0.496 e. The fraction of sp³-hybridized carbons (Fsp3) is 0.400. The lowest BCUT2D eigenvalue weighted by molar-refractivity contribution is 0.197. The van der Waals surface area contributed by atoms with Crippen molar-refractivity contribution >= 4 is 11.6 Å². The Morgan fingerprint density at radius 3 is 2.62 bits per heavy atom. The van der Waals surface area contributed by atoms with E-state index in [0.717, 1.165) is 6.42 Å². The highest BCUT2D eigenvalue weighted by Gasteiger charge is 2.24. The summed E-state index contributed by atoms with van der Waals surface area (Å²) in [6.45, 7) is 2.74. The Balaban J connectivity index is 2.51. The molecule has 21 heavy (non-hydrogen) atoms. The van der Waals surface area contributed by atoms with Crippen LogP contribution in [0, 0.1) is 0 Å². The number of rotatable bonds is 6. The lowest BCUT2D eigenvalue weighted by Gasteiger charge is -2.17. The second kappa shape index (κ2) is 6.83. The molecule has 0 aliphatic heterocycles. The summed E-state index contributed by atoms with van der Waals surface area (Å²) in [6.07, 6.45) is 1.57. The van der Waals surface area contributed by atoms with Gasteiger partial charge in [0.1, 0.15) is 17.5 Å². The first-order valence-electron chi connectivity index (χ1n) is 6.73. The molecule has 2 rings (SSSR count). The Hall–Kier alpha value is -1.72. The van der Waals surface area contributed by atoms with E-state index in [1.165, 1.54) is 0 Å². The molecule has 5 nitrogen and oxygen atoms in total. The molecule has 0 saturated carbocycles. The lowest BCUT2D eigenvalue weighted by atomic mass is 10.0. The Morgan fingerprint density at radius 1 is 1.29 bits per heavy atom.